The number of hydrogen-bond acceptors (Lipinski definition) is 4. The van der Waals surface area contributed by atoms with E-state index in [9.17, 15) is 9.59 Å². The van der Waals surface area contributed by atoms with Gasteiger partial charge in [0.05, 0.1) is 6.61 Å². The number of aliphatic hydroxyl groups excluding tert-OH is 1. The summed E-state index contributed by atoms with van der Waals surface area (Å²) in [6, 6.07) is 12.1. The number of aromatic nitrogens is 1. The molecule has 0 radical (unpaired) electrons. The normalized spacial score (nSPS) is 10.9. The van der Waals surface area contributed by atoms with Crippen molar-refractivity contribution in [3.8, 4) is 0 Å². The van der Waals surface area contributed by atoms with Gasteiger partial charge in [-0.15, -0.1) is 0 Å². The van der Waals surface area contributed by atoms with Crippen molar-refractivity contribution in [3.63, 3.8) is 0 Å². The van der Waals surface area contributed by atoms with Crippen molar-refractivity contribution in [3.05, 3.63) is 71.7 Å². The maximum atomic E-state index is 12.2. The summed E-state index contributed by atoms with van der Waals surface area (Å²) >= 11 is 0. The smallest absolute Gasteiger partial charge is 0.267 e. The van der Waals surface area contributed by atoms with E-state index < -0.39 is 5.91 Å². The van der Waals surface area contributed by atoms with E-state index in [0.29, 0.717) is 11.1 Å². The number of aliphatic hydroxyl groups is 1. The van der Waals surface area contributed by atoms with Crippen molar-refractivity contribution in [2.24, 2.45) is 0 Å². The van der Waals surface area contributed by atoms with Gasteiger partial charge in [-0.3, -0.25) is 14.6 Å². The molecule has 1 aromatic carbocycles. The molecule has 118 valence electrons. The maximum absolute atomic E-state index is 12.2. The lowest BCUT2D eigenvalue weighted by Crippen LogP contribution is -2.36. The number of nitrogens with one attached hydrogen (secondary N) is 2. The van der Waals surface area contributed by atoms with Gasteiger partial charge in [0, 0.05) is 24.5 Å². The van der Waals surface area contributed by atoms with E-state index >= 15 is 0 Å². The number of hydrogen-bond donors (Lipinski definition) is 3. The van der Waals surface area contributed by atoms with E-state index in [1.165, 1.54) is 6.08 Å². The molecule has 6 heteroatoms. The Morgan fingerprint density at radius 2 is 1.91 bits per heavy atom. The molecular formula is C17H17N3O3. The Hall–Kier alpha value is -2.99. The Morgan fingerprint density at radius 1 is 1.13 bits per heavy atom. The van der Waals surface area contributed by atoms with Crippen LogP contribution in [0.1, 0.15) is 15.9 Å². The molecule has 0 saturated carbocycles. The number of nitrogens with zero attached hydrogens (tertiary/aromatic N) is 1. The summed E-state index contributed by atoms with van der Waals surface area (Å²) in [5.74, 6) is -0.868. The number of benzene rings is 1. The monoisotopic (exact) mass is 311 g/mol. The highest BCUT2D eigenvalue weighted by atomic mass is 16.3. The predicted molar refractivity (Wildman–Crippen MR) is 86.2 cm³/mol. The molecule has 2 amide bonds. The molecule has 2 rings (SSSR count). The molecule has 0 spiro atoms. The Labute approximate surface area is 133 Å². The summed E-state index contributed by atoms with van der Waals surface area (Å²) in [4.78, 5) is 28.3. The summed E-state index contributed by atoms with van der Waals surface area (Å²) in [6.45, 7) is -0.0804. The Kier molecular flexibility index (Phi) is 6.02. The molecule has 0 aliphatic carbocycles. The standard InChI is InChI=1S/C17H17N3O3/c21-10-9-19-17(23)15(11-13-5-4-8-18-12-13)20-16(22)14-6-2-1-3-7-14/h1-8,11-12,21H,9-10H2,(H,19,23)(H,20,22). The number of rotatable bonds is 6. The fourth-order valence-electron chi connectivity index (χ4n) is 1.84. The van der Waals surface area contributed by atoms with Crippen molar-refractivity contribution >= 4 is 17.9 Å². The first-order chi connectivity index (χ1) is 11.2. The van der Waals surface area contributed by atoms with Gasteiger partial charge in [0.25, 0.3) is 11.8 Å². The average molecular weight is 311 g/mol. The molecule has 0 atom stereocenters. The fraction of sp³-hybridized carbons (Fsp3) is 0.118. The van der Waals surface area contributed by atoms with Crippen LogP contribution in [0.2, 0.25) is 0 Å². The largest absolute Gasteiger partial charge is 0.395 e. The first kappa shape index (κ1) is 16.4. The van der Waals surface area contributed by atoms with Crippen LogP contribution < -0.4 is 10.6 Å². The molecule has 0 bridgehead atoms. The van der Waals surface area contributed by atoms with Gasteiger partial charge in [-0.1, -0.05) is 24.3 Å². The SMILES string of the molecule is O=C(NCCO)C(=Cc1cccnc1)NC(=O)c1ccccc1. The van der Waals surface area contributed by atoms with Crippen LogP contribution in [0.4, 0.5) is 0 Å². The highest BCUT2D eigenvalue weighted by Crippen LogP contribution is 2.06. The minimum Gasteiger partial charge on any atom is -0.395 e. The summed E-state index contributed by atoms with van der Waals surface area (Å²) in [5, 5.41) is 13.9. The van der Waals surface area contributed by atoms with Gasteiger partial charge >= 0.3 is 0 Å². The van der Waals surface area contributed by atoms with E-state index in [0.717, 1.165) is 0 Å². The second kappa shape index (κ2) is 8.45. The lowest BCUT2D eigenvalue weighted by Gasteiger charge is -2.10. The minimum atomic E-state index is -0.479. The van der Waals surface area contributed by atoms with Gasteiger partial charge in [-0.2, -0.15) is 0 Å². The van der Waals surface area contributed by atoms with Crippen LogP contribution >= 0.6 is 0 Å². The first-order valence-electron chi connectivity index (χ1n) is 7.08. The second-order valence-corrected chi connectivity index (χ2v) is 4.64. The molecular weight excluding hydrogens is 294 g/mol. The summed E-state index contributed by atoms with van der Waals surface area (Å²) in [5.41, 5.74) is 1.20. The topological polar surface area (TPSA) is 91.3 Å². The molecule has 2 aromatic rings. The third-order valence-corrected chi connectivity index (χ3v) is 2.92. The zero-order valence-electron chi connectivity index (χ0n) is 12.4. The minimum absolute atomic E-state index is 0.0836. The predicted octanol–water partition coefficient (Wildman–Crippen LogP) is 0.961. The lowest BCUT2D eigenvalue weighted by molar-refractivity contribution is -0.117. The van der Waals surface area contributed by atoms with E-state index in [1.54, 1.807) is 54.9 Å². The zero-order chi connectivity index (χ0) is 16.5. The van der Waals surface area contributed by atoms with Crippen LogP contribution in [0.5, 0.6) is 0 Å². The molecule has 3 N–H and O–H groups in total. The molecule has 0 aliphatic rings. The number of amides is 2. The van der Waals surface area contributed by atoms with Crippen LogP contribution in [0.25, 0.3) is 6.08 Å². The van der Waals surface area contributed by atoms with Crippen molar-refractivity contribution in [1.82, 2.24) is 15.6 Å². The Balaban J connectivity index is 2.21. The van der Waals surface area contributed by atoms with Crippen LogP contribution in [-0.4, -0.2) is 35.1 Å². The van der Waals surface area contributed by atoms with Crippen molar-refractivity contribution < 1.29 is 14.7 Å². The maximum Gasteiger partial charge on any atom is 0.267 e. The van der Waals surface area contributed by atoms with Gasteiger partial charge in [0.15, 0.2) is 0 Å². The highest BCUT2D eigenvalue weighted by Gasteiger charge is 2.14. The third kappa shape index (κ3) is 5.05. The van der Waals surface area contributed by atoms with E-state index in [4.69, 9.17) is 5.11 Å². The van der Waals surface area contributed by atoms with Gasteiger partial charge < -0.3 is 15.7 Å². The molecule has 0 saturated heterocycles. The summed E-state index contributed by atoms with van der Waals surface area (Å²) in [6.07, 6.45) is 4.72. The third-order valence-electron chi connectivity index (χ3n) is 2.92. The zero-order valence-corrected chi connectivity index (χ0v) is 12.4. The van der Waals surface area contributed by atoms with Crippen LogP contribution in [0.3, 0.4) is 0 Å². The van der Waals surface area contributed by atoms with Gasteiger partial charge in [0.2, 0.25) is 0 Å². The number of pyridine rings is 1. The molecule has 1 heterocycles. The van der Waals surface area contributed by atoms with Crippen molar-refractivity contribution in [1.29, 1.82) is 0 Å². The second-order valence-electron chi connectivity index (χ2n) is 4.64. The lowest BCUT2D eigenvalue weighted by atomic mass is 10.2. The highest BCUT2D eigenvalue weighted by molar-refractivity contribution is 6.05. The van der Waals surface area contributed by atoms with Crippen molar-refractivity contribution in [2.45, 2.75) is 0 Å². The Bertz CT molecular complexity index is 685. The van der Waals surface area contributed by atoms with Gasteiger partial charge in [0.1, 0.15) is 5.70 Å². The van der Waals surface area contributed by atoms with E-state index in [-0.39, 0.29) is 24.8 Å². The number of carbonyl (C=O) groups is 2. The van der Waals surface area contributed by atoms with Gasteiger partial charge in [-0.05, 0) is 29.8 Å². The van der Waals surface area contributed by atoms with Gasteiger partial charge in [-0.25, -0.2) is 0 Å². The first-order valence-corrected chi connectivity index (χ1v) is 7.08. The summed E-state index contributed by atoms with van der Waals surface area (Å²) in [7, 11) is 0. The number of carbonyl (C=O) groups excluding carboxylic acids is 2. The molecule has 0 unspecified atom stereocenters. The molecule has 1 aromatic heterocycles. The molecule has 6 nitrogen and oxygen atoms in total. The van der Waals surface area contributed by atoms with Crippen LogP contribution in [0.15, 0.2) is 60.6 Å². The molecule has 0 aliphatic heterocycles. The van der Waals surface area contributed by atoms with E-state index in [2.05, 4.69) is 15.6 Å². The van der Waals surface area contributed by atoms with Crippen LogP contribution in [-0.2, 0) is 4.79 Å². The summed E-state index contributed by atoms with van der Waals surface area (Å²) < 4.78 is 0. The quantitative estimate of drug-likeness (QED) is 0.693. The molecule has 23 heavy (non-hydrogen) atoms. The fourth-order valence-corrected chi connectivity index (χ4v) is 1.84. The van der Waals surface area contributed by atoms with Crippen molar-refractivity contribution in [2.75, 3.05) is 13.2 Å². The average Bonchev–Trinajstić information content (AvgIpc) is 2.60. The Morgan fingerprint density at radius 3 is 2.57 bits per heavy atom. The van der Waals surface area contributed by atoms with E-state index in [1.807, 2.05) is 0 Å². The molecule has 0 fully saturated rings. The van der Waals surface area contributed by atoms with Crippen LogP contribution in [0, 0.1) is 0 Å².